The molecule has 0 amide bonds. The Kier molecular flexibility index (Phi) is 2.73. The molecule has 0 spiro atoms. The van der Waals surface area contributed by atoms with Crippen molar-refractivity contribution >= 4 is 0 Å². The Hall–Kier alpha value is -1.44. The van der Waals surface area contributed by atoms with Gasteiger partial charge < -0.3 is 10.1 Å². The van der Waals surface area contributed by atoms with Gasteiger partial charge in [-0.2, -0.15) is 0 Å². The molecule has 0 atom stereocenters. The van der Waals surface area contributed by atoms with Crippen LogP contribution < -0.4 is 10.1 Å². The molecule has 0 saturated heterocycles. The first-order valence-electron chi connectivity index (χ1n) is 4.94. The highest BCUT2D eigenvalue weighted by Crippen LogP contribution is 2.15. The predicted octanol–water partition coefficient (Wildman–Crippen LogP) is 2.11. The number of methoxy groups -OCH3 is 1. The van der Waals surface area contributed by atoms with E-state index in [2.05, 4.69) is 23.5 Å². The van der Waals surface area contributed by atoms with Gasteiger partial charge >= 0.3 is 0 Å². The lowest BCUT2D eigenvalue weighted by molar-refractivity contribution is 0.414. The van der Waals surface area contributed by atoms with Crippen LogP contribution in [0.1, 0.15) is 12.0 Å². The molecule has 2 nitrogen and oxygen atoms in total. The van der Waals surface area contributed by atoms with Crippen LogP contribution in [0.5, 0.6) is 5.75 Å². The van der Waals surface area contributed by atoms with Crippen LogP contribution in [0.2, 0.25) is 0 Å². The zero-order valence-corrected chi connectivity index (χ0v) is 8.42. The Morgan fingerprint density at radius 1 is 1.29 bits per heavy atom. The van der Waals surface area contributed by atoms with Crippen molar-refractivity contribution < 1.29 is 4.74 Å². The monoisotopic (exact) mass is 189 g/mol. The maximum Gasteiger partial charge on any atom is 0.118 e. The van der Waals surface area contributed by atoms with Crippen molar-refractivity contribution in [3.05, 3.63) is 41.6 Å². The normalized spacial score (nSPS) is 14.8. The molecule has 2 heteroatoms. The van der Waals surface area contributed by atoms with Gasteiger partial charge in [-0.3, -0.25) is 0 Å². The molecule has 1 aromatic carbocycles. The van der Waals surface area contributed by atoms with E-state index in [1.54, 1.807) is 7.11 Å². The summed E-state index contributed by atoms with van der Waals surface area (Å²) >= 11 is 0. The number of hydrogen-bond donors (Lipinski definition) is 1. The van der Waals surface area contributed by atoms with Crippen LogP contribution in [-0.4, -0.2) is 13.7 Å². The van der Waals surface area contributed by atoms with Gasteiger partial charge in [0.05, 0.1) is 7.11 Å². The molecular formula is C12H15NO. The van der Waals surface area contributed by atoms with Gasteiger partial charge in [-0.05, 0) is 24.1 Å². The average Bonchev–Trinajstić information content (AvgIpc) is 2.72. The SMILES string of the molecule is COc1ccc(CC2=CCCN2)cc1. The highest BCUT2D eigenvalue weighted by molar-refractivity contribution is 5.30. The molecule has 2 rings (SSSR count). The van der Waals surface area contributed by atoms with Gasteiger partial charge in [-0.1, -0.05) is 18.2 Å². The summed E-state index contributed by atoms with van der Waals surface area (Å²) in [4.78, 5) is 0. The number of allylic oxidation sites excluding steroid dienone is 1. The minimum atomic E-state index is 0.919. The van der Waals surface area contributed by atoms with Crippen LogP contribution in [0.15, 0.2) is 36.0 Å². The summed E-state index contributed by atoms with van der Waals surface area (Å²) in [5.74, 6) is 0.919. The molecule has 74 valence electrons. The van der Waals surface area contributed by atoms with E-state index >= 15 is 0 Å². The second kappa shape index (κ2) is 4.18. The van der Waals surface area contributed by atoms with Crippen LogP contribution in [-0.2, 0) is 6.42 Å². The summed E-state index contributed by atoms with van der Waals surface area (Å²) in [7, 11) is 1.69. The molecule has 14 heavy (non-hydrogen) atoms. The van der Waals surface area contributed by atoms with E-state index in [1.165, 1.54) is 11.3 Å². The standard InChI is InChI=1S/C12H15NO/c1-14-12-6-4-10(5-7-12)9-11-3-2-8-13-11/h3-7,13H,2,8-9H2,1H3. The molecule has 0 aromatic heterocycles. The molecule has 0 unspecified atom stereocenters. The maximum absolute atomic E-state index is 5.11. The molecule has 1 N–H and O–H groups in total. The fourth-order valence-corrected chi connectivity index (χ4v) is 1.65. The summed E-state index contributed by atoms with van der Waals surface area (Å²) in [6.45, 7) is 1.09. The summed E-state index contributed by atoms with van der Waals surface area (Å²) in [6.07, 6.45) is 4.43. The molecule has 1 aliphatic rings. The number of rotatable bonds is 3. The maximum atomic E-state index is 5.11. The van der Waals surface area contributed by atoms with Gasteiger partial charge in [0.2, 0.25) is 0 Å². The Morgan fingerprint density at radius 3 is 2.64 bits per heavy atom. The fraction of sp³-hybridized carbons (Fsp3) is 0.333. The van der Waals surface area contributed by atoms with E-state index in [9.17, 15) is 0 Å². The van der Waals surface area contributed by atoms with Crippen molar-refractivity contribution in [2.45, 2.75) is 12.8 Å². The second-order valence-electron chi connectivity index (χ2n) is 3.47. The molecule has 0 saturated carbocycles. The average molecular weight is 189 g/mol. The van der Waals surface area contributed by atoms with Crippen LogP contribution >= 0.6 is 0 Å². The molecule has 1 aromatic rings. The lowest BCUT2D eigenvalue weighted by atomic mass is 10.1. The number of benzene rings is 1. The first-order valence-corrected chi connectivity index (χ1v) is 4.94. The Labute approximate surface area is 84.6 Å². The van der Waals surface area contributed by atoms with E-state index in [0.717, 1.165) is 25.1 Å². The first kappa shape index (κ1) is 9.13. The Balaban J connectivity index is 2.02. The summed E-state index contributed by atoms with van der Waals surface area (Å²) < 4.78 is 5.11. The molecule has 1 heterocycles. The van der Waals surface area contributed by atoms with E-state index in [4.69, 9.17) is 4.74 Å². The van der Waals surface area contributed by atoms with Crippen molar-refractivity contribution in [3.63, 3.8) is 0 Å². The summed E-state index contributed by atoms with van der Waals surface area (Å²) in [6, 6.07) is 8.23. The lowest BCUT2D eigenvalue weighted by Gasteiger charge is -2.05. The van der Waals surface area contributed by atoms with Crippen molar-refractivity contribution in [2.24, 2.45) is 0 Å². The number of hydrogen-bond acceptors (Lipinski definition) is 2. The third kappa shape index (κ3) is 2.08. The molecule has 1 aliphatic heterocycles. The van der Waals surface area contributed by atoms with E-state index in [0.29, 0.717) is 0 Å². The second-order valence-corrected chi connectivity index (χ2v) is 3.47. The number of ether oxygens (including phenoxy) is 1. The Bertz CT molecular complexity index is 327. The van der Waals surface area contributed by atoms with Crippen LogP contribution in [0, 0.1) is 0 Å². The molecular weight excluding hydrogens is 174 g/mol. The third-order valence-electron chi connectivity index (χ3n) is 2.44. The van der Waals surface area contributed by atoms with E-state index in [1.807, 2.05) is 12.1 Å². The predicted molar refractivity (Wildman–Crippen MR) is 57.4 cm³/mol. The topological polar surface area (TPSA) is 21.3 Å². The van der Waals surface area contributed by atoms with Crippen molar-refractivity contribution in [1.82, 2.24) is 5.32 Å². The van der Waals surface area contributed by atoms with Crippen LogP contribution in [0.4, 0.5) is 0 Å². The lowest BCUT2D eigenvalue weighted by Crippen LogP contribution is -2.09. The van der Waals surface area contributed by atoms with Gasteiger partial charge in [0, 0.05) is 18.7 Å². The van der Waals surface area contributed by atoms with Gasteiger partial charge in [0.25, 0.3) is 0 Å². The van der Waals surface area contributed by atoms with E-state index < -0.39 is 0 Å². The quantitative estimate of drug-likeness (QED) is 0.786. The highest BCUT2D eigenvalue weighted by Gasteiger charge is 2.03. The van der Waals surface area contributed by atoms with Crippen molar-refractivity contribution in [3.8, 4) is 5.75 Å². The molecule has 0 fully saturated rings. The molecule has 0 aliphatic carbocycles. The zero-order valence-electron chi connectivity index (χ0n) is 8.42. The fourth-order valence-electron chi connectivity index (χ4n) is 1.65. The Morgan fingerprint density at radius 2 is 2.07 bits per heavy atom. The van der Waals surface area contributed by atoms with Crippen LogP contribution in [0.25, 0.3) is 0 Å². The van der Waals surface area contributed by atoms with E-state index in [-0.39, 0.29) is 0 Å². The number of nitrogens with one attached hydrogen (secondary N) is 1. The highest BCUT2D eigenvalue weighted by atomic mass is 16.5. The molecule has 0 bridgehead atoms. The van der Waals surface area contributed by atoms with Crippen molar-refractivity contribution in [1.29, 1.82) is 0 Å². The van der Waals surface area contributed by atoms with Gasteiger partial charge in [-0.15, -0.1) is 0 Å². The van der Waals surface area contributed by atoms with Crippen LogP contribution in [0.3, 0.4) is 0 Å². The first-order chi connectivity index (χ1) is 6.88. The summed E-state index contributed by atoms with van der Waals surface area (Å²) in [5.41, 5.74) is 2.67. The molecule has 0 radical (unpaired) electrons. The third-order valence-corrected chi connectivity index (χ3v) is 2.44. The van der Waals surface area contributed by atoms with Gasteiger partial charge in [0.1, 0.15) is 5.75 Å². The largest absolute Gasteiger partial charge is 0.497 e. The minimum Gasteiger partial charge on any atom is -0.497 e. The summed E-state index contributed by atoms with van der Waals surface area (Å²) in [5, 5.41) is 3.36. The van der Waals surface area contributed by atoms with Crippen molar-refractivity contribution in [2.75, 3.05) is 13.7 Å². The minimum absolute atomic E-state index is 0.919. The van der Waals surface area contributed by atoms with Gasteiger partial charge in [-0.25, -0.2) is 0 Å². The zero-order chi connectivity index (χ0) is 9.80. The van der Waals surface area contributed by atoms with Gasteiger partial charge in [0.15, 0.2) is 0 Å². The smallest absolute Gasteiger partial charge is 0.118 e.